The van der Waals surface area contributed by atoms with Crippen LogP contribution in [-0.4, -0.2) is 79.5 Å². The molecule has 0 radical (unpaired) electrons. The van der Waals surface area contributed by atoms with Crippen molar-refractivity contribution < 1.29 is 59.2 Å². The number of rotatable bonds is 5. The van der Waals surface area contributed by atoms with Crippen LogP contribution < -0.4 is 14.9 Å². The molecule has 13 nitrogen and oxygen atoms in total. The van der Waals surface area contributed by atoms with Crippen LogP contribution in [0.15, 0.2) is 39.5 Å². The predicted octanol–water partition coefficient (Wildman–Crippen LogP) is -0.144. The molecule has 35 heavy (non-hydrogen) atoms. The molecule has 1 aliphatic heterocycles. The van der Waals surface area contributed by atoms with Crippen LogP contribution >= 0.6 is 0 Å². The number of aliphatic carboxylic acids is 1. The van der Waals surface area contributed by atoms with E-state index in [4.69, 9.17) is 18.6 Å². The highest BCUT2D eigenvalue weighted by atomic mass is 16.7. The van der Waals surface area contributed by atoms with Crippen LogP contribution in [0.2, 0.25) is 0 Å². The molecule has 1 aliphatic rings. The molecule has 13 heteroatoms. The zero-order valence-electron chi connectivity index (χ0n) is 17.9. The van der Waals surface area contributed by atoms with E-state index >= 15 is 0 Å². The van der Waals surface area contributed by atoms with E-state index in [-0.39, 0.29) is 28.4 Å². The molecule has 1 aromatic heterocycles. The molecule has 0 amide bonds. The Bertz CT molecular complexity index is 1350. The van der Waals surface area contributed by atoms with Gasteiger partial charge in [-0.2, -0.15) is 0 Å². The summed E-state index contributed by atoms with van der Waals surface area (Å²) in [5.74, 6) is -4.04. The van der Waals surface area contributed by atoms with E-state index in [2.05, 4.69) is 0 Å². The van der Waals surface area contributed by atoms with Crippen LogP contribution in [0.1, 0.15) is 0 Å². The second-order valence-electron chi connectivity index (χ2n) is 7.67. The fraction of sp³-hybridized carbons (Fsp3) is 0.273. The van der Waals surface area contributed by atoms with E-state index in [1.54, 1.807) is 0 Å². The summed E-state index contributed by atoms with van der Waals surface area (Å²) in [5, 5.41) is 69.1. The van der Waals surface area contributed by atoms with Crippen molar-refractivity contribution in [2.45, 2.75) is 30.7 Å². The number of benzene rings is 2. The lowest BCUT2D eigenvalue weighted by Gasteiger charge is -2.38. The molecule has 2 heterocycles. The van der Waals surface area contributed by atoms with Crippen LogP contribution in [0.5, 0.6) is 28.7 Å². The maximum atomic E-state index is 13.3. The van der Waals surface area contributed by atoms with E-state index in [9.17, 15) is 45.3 Å². The molecule has 5 atom stereocenters. The number of phenolic OH excluding ortho intramolecular Hbond substituents is 3. The van der Waals surface area contributed by atoms with Gasteiger partial charge in [-0.05, 0) is 18.2 Å². The van der Waals surface area contributed by atoms with Crippen LogP contribution in [0, 0.1) is 0 Å². The molecule has 1 fully saturated rings. The van der Waals surface area contributed by atoms with E-state index < -0.39 is 64.7 Å². The number of aromatic hydroxyl groups is 3. The van der Waals surface area contributed by atoms with Gasteiger partial charge in [-0.15, -0.1) is 0 Å². The number of fused-ring (bicyclic) bond motifs is 1. The first-order chi connectivity index (χ1) is 16.5. The monoisotopic (exact) mass is 492 g/mol. The molecule has 0 saturated carbocycles. The van der Waals surface area contributed by atoms with Gasteiger partial charge in [0.2, 0.25) is 17.5 Å². The Morgan fingerprint density at radius 1 is 0.971 bits per heavy atom. The minimum atomic E-state index is -2.01. The van der Waals surface area contributed by atoms with Crippen molar-refractivity contribution in [3.8, 4) is 40.1 Å². The summed E-state index contributed by atoms with van der Waals surface area (Å²) in [6.07, 6.45) is -9.97. The molecular weight excluding hydrogens is 472 g/mol. The summed E-state index contributed by atoms with van der Waals surface area (Å²) in [5.41, 5.74) is -1.17. The maximum Gasteiger partial charge on any atom is 0.335 e. The molecule has 186 valence electrons. The number of aliphatic hydroxyl groups excluding tert-OH is 3. The number of carboxylic acids is 1. The minimum absolute atomic E-state index is 0.0200. The Morgan fingerprint density at radius 3 is 2.34 bits per heavy atom. The summed E-state index contributed by atoms with van der Waals surface area (Å²) in [6.45, 7) is 0. The number of carboxylic acid groups (broad SMARTS) is 1. The third-order valence-corrected chi connectivity index (χ3v) is 5.41. The lowest BCUT2D eigenvalue weighted by atomic mass is 9.99. The molecule has 0 bridgehead atoms. The first-order valence-corrected chi connectivity index (χ1v) is 10.0. The molecule has 0 unspecified atom stereocenters. The highest BCUT2D eigenvalue weighted by molar-refractivity contribution is 5.88. The average molecular weight is 492 g/mol. The lowest BCUT2D eigenvalue weighted by Crippen LogP contribution is -2.61. The quantitative estimate of drug-likeness (QED) is 0.247. The Balaban J connectivity index is 1.92. The number of phenols is 3. The van der Waals surface area contributed by atoms with Crippen molar-refractivity contribution in [1.82, 2.24) is 0 Å². The summed E-state index contributed by atoms with van der Waals surface area (Å²) < 4.78 is 21.3. The van der Waals surface area contributed by atoms with Crippen molar-refractivity contribution in [1.29, 1.82) is 0 Å². The van der Waals surface area contributed by atoms with Crippen molar-refractivity contribution in [3.05, 3.63) is 40.6 Å². The Kier molecular flexibility index (Phi) is 6.17. The second kappa shape index (κ2) is 8.96. The van der Waals surface area contributed by atoms with E-state index in [1.807, 2.05) is 0 Å². The average Bonchev–Trinajstić information content (AvgIpc) is 2.80. The fourth-order valence-electron chi connectivity index (χ4n) is 3.65. The Hall–Kier alpha value is -4.04. The van der Waals surface area contributed by atoms with E-state index in [0.29, 0.717) is 0 Å². The molecular formula is C22H20O13. The number of methoxy groups -OCH3 is 1. The van der Waals surface area contributed by atoms with Crippen molar-refractivity contribution in [3.63, 3.8) is 0 Å². The Labute approximate surface area is 195 Å². The zero-order valence-corrected chi connectivity index (χ0v) is 17.9. The zero-order chi connectivity index (χ0) is 25.6. The smallest absolute Gasteiger partial charge is 0.335 e. The van der Waals surface area contributed by atoms with Gasteiger partial charge in [0, 0.05) is 17.7 Å². The van der Waals surface area contributed by atoms with Gasteiger partial charge >= 0.3 is 5.97 Å². The summed E-state index contributed by atoms with van der Waals surface area (Å²) >= 11 is 0. The summed E-state index contributed by atoms with van der Waals surface area (Å²) in [6, 6.07) is 5.72. The van der Waals surface area contributed by atoms with E-state index in [1.165, 1.54) is 25.3 Å². The summed E-state index contributed by atoms with van der Waals surface area (Å²) in [7, 11) is 1.27. The van der Waals surface area contributed by atoms with Crippen molar-refractivity contribution in [2.75, 3.05) is 7.11 Å². The predicted molar refractivity (Wildman–Crippen MR) is 114 cm³/mol. The maximum absolute atomic E-state index is 13.3. The lowest BCUT2D eigenvalue weighted by molar-refractivity contribution is -0.271. The molecule has 0 spiro atoms. The topological polar surface area (TPSA) is 217 Å². The van der Waals surface area contributed by atoms with Gasteiger partial charge in [-0.1, -0.05) is 0 Å². The van der Waals surface area contributed by atoms with Gasteiger partial charge in [-0.25, -0.2) is 4.79 Å². The standard InChI is InChI=1S/C22H20O13/c1-32-11-4-7(2-3-9(11)24)18-19(14(26)13-10(25)5-8(23)6-12(13)33-18)34-22-17(29)15(27)16(28)20(35-22)21(30)31/h2-6,15-17,20,22-25,27-29H,1H3,(H,30,31)/t15-,16+,17+,20-,22+/m1/s1. The molecule has 4 rings (SSSR count). The van der Waals surface area contributed by atoms with Gasteiger partial charge in [0.25, 0.3) is 0 Å². The van der Waals surface area contributed by atoms with Crippen LogP contribution in [0.25, 0.3) is 22.3 Å². The van der Waals surface area contributed by atoms with Gasteiger partial charge in [-0.3, -0.25) is 4.79 Å². The molecule has 1 saturated heterocycles. The largest absolute Gasteiger partial charge is 0.508 e. The minimum Gasteiger partial charge on any atom is -0.508 e. The van der Waals surface area contributed by atoms with Crippen LogP contribution in [0.4, 0.5) is 0 Å². The normalized spacial score (nSPS) is 24.3. The third kappa shape index (κ3) is 4.17. The van der Waals surface area contributed by atoms with Gasteiger partial charge in [0.15, 0.2) is 23.4 Å². The summed E-state index contributed by atoms with van der Waals surface area (Å²) in [4.78, 5) is 24.8. The van der Waals surface area contributed by atoms with E-state index in [0.717, 1.165) is 12.1 Å². The third-order valence-electron chi connectivity index (χ3n) is 5.41. The molecule has 0 aliphatic carbocycles. The van der Waals surface area contributed by atoms with Crippen molar-refractivity contribution in [2.24, 2.45) is 0 Å². The first kappa shape index (κ1) is 24.1. The molecule has 2 aromatic carbocycles. The van der Waals surface area contributed by atoms with Gasteiger partial charge in [0.1, 0.15) is 40.8 Å². The van der Waals surface area contributed by atoms with Gasteiger partial charge < -0.3 is 54.4 Å². The number of aliphatic hydroxyl groups is 3. The second-order valence-corrected chi connectivity index (χ2v) is 7.67. The first-order valence-electron chi connectivity index (χ1n) is 10.0. The molecule has 7 N–H and O–H groups in total. The van der Waals surface area contributed by atoms with Gasteiger partial charge in [0.05, 0.1) is 7.11 Å². The number of hydrogen-bond acceptors (Lipinski definition) is 12. The number of hydrogen-bond donors (Lipinski definition) is 7. The fourth-order valence-corrected chi connectivity index (χ4v) is 3.65. The number of ether oxygens (including phenoxy) is 3. The SMILES string of the molecule is COc1cc(-c2oc3cc(O)cc(O)c3c(=O)c2O[C@H]2O[C@@H](C(=O)O)[C@@H](O)[C@@H](O)[C@@H]2O)ccc1O. The molecule has 3 aromatic rings. The Morgan fingerprint density at radius 2 is 1.69 bits per heavy atom. The van der Waals surface area contributed by atoms with Crippen molar-refractivity contribution >= 4 is 16.9 Å². The highest BCUT2D eigenvalue weighted by Gasteiger charge is 2.48. The highest BCUT2D eigenvalue weighted by Crippen LogP contribution is 2.39. The van der Waals surface area contributed by atoms with Crippen LogP contribution in [-0.2, 0) is 9.53 Å². The van der Waals surface area contributed by atoms with Crippen LogP contribution in [0.3, 0.4) is 0 Å². The number of carbonyl (C=O) groups is 1.